The highest BCUT2D eigenvalue weighted by atomic mass is 16.4. The van der Waals surface area contributed by atoms with Gasteiger partial charge >= 0.3 is 5.97 Å². The van der Waals surface area contributed by atoms with Gasteiger partial charge in [0, 0.05) is 0 Å². The van der Waals surface area contributed by atoms with Crippen molar-refractivity contribution in [2.45, 2.75) is 47.5 Å². The summed E-state index contributed by atoms with van der Waals surface area (Å²) in [6.45, 7) is 10.3. The normalized spacial score (nSPS) is 12.5. The van der Waals surface area contributed by atoms with Crippen molar-refractivity contribution in [2.75, 3.05) is 0 Å². The van der Waals surface area contributed by atoms with Crippen molar-refractivity contribution < 1.29 is 9.90 Å². The monoisotopic (exact) mass is 234 g/mol. The largest absolute Gasteiger partial charge is 0.481 e. The number of hydrogen-bond donors (Lipinski definition) is 1. The van der Waals surface area contributed by atoms with Crippen LogP contribution < -0.4 is 0 Å². The molecule has 0 bridgehead atoms. The topological polar surface area (TPSA) is 37.3 Å². The zero-order valence-electron chi connectivity index (χ0n) is 11.4. The second-order valence-electron chi connectivity index (χ2n) is 4.89. The fraction of sp³-hybridized carbons (Fsp3) is 0.533. The number of carboxylic acid groups (broad SMARTS) is 1. The molecule has 0 heterocycles. The van der Waals surface area contributed by atoms with E-state index in [2.05, 4.69) is 33.8 Å². The lowest BCUT2D eigenvalue weighted by Crippen LogP contribution is -2.17. The lowest BCUT2D eigenvalue weighted by molar-refractivity contribution is -0.141. The summed E-state index contributed by atoms with van der Waals surface area (Å²) in [6.07, 6.45) is 1.33. The zero-order chi connectivity index (χ0) is 13.2. The van der Waals surface area contributed by atoms with Gasteiger partial charge in [0.2, 0.25) is 0 Å². The van der Waals surface area contributed by atoms with E-state index in [9.17, 15) is 4.79 Å². The van der Waals surface area contributed by atoms with Gasteiger partial charge in [-0.2, -0.15) is 0 Å². The molecule has 1 aromatic carbocycles. The first kappa shape index (κ1) is 13.8. The lowest BCUT2D eigenvalue weighted by atomic mass is 9.87. The van der Waals surface area contributed by atoms with Crippen molar-refractivity contribution in [3.63, 3.8) is 0 Å². The molecular weight excluding hydrogens is 212 g/mol. The molecule has 0 aliphatic heterocycles. The van der Waals surface area contributed by atoms with Gasteiger partial charge in [0.1, 0.15) is 0 Å². The molecule has 0 fully saturated rings. The van der Waals surface area contributed by atoms with Gasteiger partial charge in [0.05, 0.1) is 5.92 Å². The molecule has 1 N–H and O–H groups in total. The quantitative estimate of drug-likeness (QED) is 0.864. The Morgan fingerprint density at radius 3 is 2.00 bits per heavy atom. The molecule has 0 saturated carbocycles. The van der Waals surface area contributed by atoms with Crippen LogP contribution in [0.15, 0.2) is 6.07 Å². The molecule has 1 rings (SSSR count). The third-order valence-electron chi connectivity index (χ3n) is 3.81. The highest BCUT2D eigenvalue weighted by Crippen LogP contribution is 2.25. The third kappa shape index (κ3) is 2.87. The minimum Gasteiger partial charge on any atom is -0.481 e. The third-order valence-corrected chi connectivity index (χ3v) is 3.81. The first-order chi connectivity index (χ1) is 7.88. The van der Waals surface area contributed by atoms with Crippen molar-refractivity contribution in [1.29, 1.82) is 0 Å². The van der Waals surface area contributed by atoms with Gasteiger partial charge in [-0.05, 0) is 68.4 Å². The molecule has 2 heteroatoms. The predicted molar refractivity (Wildman–Crippen MR) is 70.5 cm³/mol. The first-order valence-electron chi connectivity index (χ1n) is 6.17. The maximum absolute atomic E-state index is 11.1. The summed E-state index contributed by atoms with van der Waals surface area (Å²) in [4.78, 5) is 11.1. The van der Waals surface area contributed by atoms with Crippen molar-refractivity contribution in [3.8, 4) is 0 Å². The van der Waals surface area contributed by atoms with Crippen molar-refractivity contribution in [2.24, 2.45) is 5.92 Å². The molecule has 0 radical (unpaired) electrons. The minimum atomic E-state index is -0.689. The van der Waals surface area contributed by atoms with Gasteiger partial charge in [0.25, 0.3) is 0 Å². The molecule has 0 aliphatic carbocycles. The van der Waals surface area contributed by atoms with Crippen LogP contribution in [0.4, 0.5) is 0 Å². The van der Waals surface area contributed by atoms with Crippen molar-refractivity contribution in [1.82, 2.24) is 0 Å². The Hall–Kier alpha value is -1.31. The van der Waals surface area contributed by atoms with Crippen LogP contribution in [0.1, 0.15) is 41.2 Å². The summed E-state index contributed by atoms with van der Waals surface area (Å²) >= 11 is 0. The average molecular weight is 234 g/mol. The summed E-state index contributed by atoms with van der Waals surface area (Å²) < 4.78 is 0. The number of carbonyl (C=O) groups is 1. The predicted octanol–water partition coefficient (Wildman–Crippen LogP) is 3.57. The van der Waals surface area contributed by atoms with E-state index in [4.69, 9.17) is 5.11 Å². The Bertz CT molecular complexity index is 407. The minimum absolute atomic E-state index is 0.270. The van der Waals surface area contributed by atoms with Crippen LogP contribution in [0.3, 0.4) is 0 Å². The van der Waals surface area contributed by atoms with Crippen LogP contribution in [0.2, 0.25) is 0 Å². The summed E-state index contributed by atoms with van der Waals surface area (Å²) in [5, 5.41) is 9.15. The Balaban J connectivity index is 3.17. The van der Waals surface area contributed by atoms with Gasteiger partial charge in [-0.1, -0.05) is 13.0 Å². The second-order valence-corrected chi connectivity index (χ2v) is 4.89. The van der Waals surface area contributed by atoms with E-state index in [1.807, 2.05) is 6.92 Å². The van der Waals surface area contributed by atoms with E-state index in [1.54, 1.807) is 0 Å². The van der Waals surface area contributed by atoms with Gasteiger partial charge in [0.15, 0.2) is 0 Å². The molecule has 0 aromatic heterocycles. The average Bonchev–Trinajstić information content (AvgIpc) is 2.26. The Labute approximate surface area is 104 Å². The van der Waals surface area contributed by atoms with Crippen LogP contribution in [0, 0.1) is 33.6 Å². The van der Waals surface area contributed by atoms with Crippen LogP contribution in [-0.2, 0) is 11.2 Å². The molecule has 0 aliphatic rings. The van der Waals surface area contributed by atoms with Gasteiger partial charge in [-0.25, -0.2) is 0 Å². The molecule has 1 aromatic rings. The van der Waals surface area contributed by atoms with Gasteiger partial charge in [-0.15, -0.1) is 0 Å². The van der Waals surface area contributed by atoms with E-state index < -0.39 is 5.97 Å². The van der Waals surface area contributed by atoms with Crippen molar-refractivity contribution in [3.05, 3.63) is 33.9 Å². The maximum Gasteiger partial charge on any atom is 0.306 e. The number of rotatable bonds is 4. The second kappa shape index (κ2) is 5.35. The first-order valence-corrected chi connectivity index (χ1v) is 6.17. The number of benzene rings is 1. The molecule has 1 unspecified atom stereocenters. The smallest absolute Gasteiger partial charge is 0.306 e. The zero-order valence-corrected chi connectivity index (χ0v) is 11.4. The van der Waals surface area contributed by atoms with Crippen LogP contribution in [0.25, 0.3) is 0 Å². The molecular formula is C15H22O2. The standard InChI is InChI=1S/C15H22O2/c1-6-13(15(16)17)8-14-11(4)9(2)7-10(3)12(14)5/h7,13H,6,8H2,1-5H3,(H,16,17). The number of aliphatic carboxylic acids is 1. The molecule has 0 saturated heterocycles. The molecule has 17 heavy (non-hydrogen) atoms. The van der Waals surface area contributed by atoms with Gasteiger partial charge in [-0.3, -0.25) is 4.79 Å². The summed E-state index contributed by atoms with van der Waals surface area (Å²) in [6, 6.07) is 2.18. The number of aryl methyl sites for hydroxylation is 2. The van der Waals surface area contributed by atoms with E-state index in [1.165, 1.54) is 27.8 Å². The number of hydrogen-bond acceptors (Lipinski definition) is 1. The Kier molecular flexibility index (Phi) is 4.33. The summed E-state index contributed by atoms with van der Waals surface area (Å²) in [7, 11) is 0. The van der Waals surface area contributed by atoms with E-state index in [0.717, 1.165) is 0 Å². The van der Waals surface area contributed by atoms with Crippen LogP contribution in [0.5, 0.6) is 0 Å². The molecule has 2 nitrogen and oxygen atoms in total. The van der Waals surface area contributed by atoms with E-state index in [-0.39, 0.29) is 5.92 Å². The molecule has 94 valence electrons. The van der Waals surface area contributed by atoms with Gasteiger partial charge < -0.3 is 5.11 Å². The molecule has 1 atom stereocenters. The number of carboxylic acids is 1. The highest BCUT2D eigenvalue weighted by molar-refractivity contribution is 5.70. The summed E-state index contributed by atoms with van der Waals surface area (Å²) in [5.41, 5.74) is 6.21. The molecule has 0 spiro atoms. The van der Waals surface area contributed by atoms with Crippen LogP contribution in [-0.4, -0.2) is 11.1 Å². The lowest BCUT2D eigenvalue weighted by Gasteiger charge is -2.18. The summed E-state index contributed by atoms with van der Waals surface area (Å²) in [5.74, 6) is -0.959. The highest BCUT2D eigenvalue weighted by Gasteiger charge is 2.19. The fourth-order valence-electron chi connectivity index (χ4n) is 2.26. The molecule has 0 amide bonds. The fourth-order valence-corrected chi connectivity index (χ4v) is 2.26. The Morgan fingerprint density at radius 1 is 1.18 bits per heavy atom. The van der Waals surface area contributed by atoms with E-state index in [0.29, 0.717) is 12.8 Å². The van der Waals surface area contributed by atoms with Crippen molar-refractivity contribution >= 4 is 5.97 Å². The maximum atomic E-state index is 11.1. The van der Waals surface area contributed by atoms with Crippen LogP contribution >= 0.6 is 0 Å². The Morgan fingerprint density at radius 2 is 1.65 bits per heavy atom. The SMILES string of the molecule is CCC(Cc1c(C)c(C)cc(C)c1C)C(=O)O. The van der Waals surface area contributed by atoms with E-state index >= 15 is 0 Å².